The molecule has 37 heavy (non-hydrogen) atoms. The number of urea groups is 1. The Labute approximate surface area is 220 Å². The van der Waals surface area contributed by atoms with Crippen LogP contribution in [0.1, 0.15) is 85.5 Å². The molecule has 1 aliphatic heterocycles. The highest BCUT2D eigenvalue weighted by atomic mass is 16.4. The van der Waals surface area contributed by atoms with Crippen molar-refractivity contribution < 1.29 is 29.1 Å². The number of nitrogens with one attached hydrogen (secondary N) is 3. The molecule has 0 radical (unpaired) electrons. The molecule has 1 heterocycles. The van der Waals surface area contributed by atoms with Crippen LogP contribution in [-0.4, -0.2) is 70.3 Å². The average Bonchev–Trinajstić information content (AvgIpc) is 3.59. The lowest BCUT2D eigenvalue weighted by atomic mass is 9.94. The first-order valence-corrected chi connectivity index (χ1v) is 13.7. The highest BCUT2D eigenvalue weighted by Gasteiger charge is 2.41. The van der Waals surface area contributed by atoms with E-state index < -0.39 is 41.4 Å². The molecule has 1 saturated heterocycles. The van der Waals surface area contributed by atoms with E-state index in [1.165, 1.54) is 4.90 Å². The number of rotatable bonds is 15. The Hall–Kier alpha value is -2.91. The van der Waals surface area contributed by atoms with Gasteiger partial charge in [0.05, 0.1) is 12.6 Å². The van der Waals surface area contributed by atoms with Gasteiger partial charge in [-0.2, -0.15) is 0 Å². The maximum Gasteiger partial charge on any atom is 0.333 e. The second-order valence-corrected chi connectivity index (χ2v) is 10.5. The lowest BCUT2D eigenvalue weighted by Gasteiger charge is -2.30. The summed E-state index contributed by atoms with van der Waals surface area (Å²) in [5.74, 6) is -2.15. The number of carbonyl (C=O) groups is 5. The molecular weight excluding hydrogens is 476 g/mol. The van der Waals surface area contributed by atoms with E-state index >= 15 is 0 Å². The Morgan fingerprint density at radius 3 is 2.35 bits per heavy atom. The smallest absolute Gasteiger partial charge is 0.333 e. The molecule has 2 fully saturated rings. The van der Waals surface area contributed by atoms with E-state index in [1.807, 2.05) is 13.8 Å². The maximum absolute atomic E-state index is 13.1. The number of carboxylic acid groups (broad SMARTS) is 1. The second-order valence-electron chi connectivity index (χ2n) is 10.5. The van der Waals surface area contributed by atoms with Gasteiger partial charge >= 0.3 is 12.0 Å². The van der Waals surface area contributed by atoms with Gasteiger partial charge in [-0.3, -0.25) is 14.4 Å². The summed E-state index contributed by atoms with van der Waals surface area (Å²) in [5, 5.41) is 17.8. The van der Waals surface area contributed by atoms with Gasteiger partial charge in [-0.15, -0.1) is 0 Å². The molecule has 1 aliphatic carbocycles. The van der Waals surface area contributed by atoms with Gasteiger partial charge in [0.1, 0.15) is 6.04 Å². The minimum atomic E-state index is -1.54. The molecule has 0 bridgehead atoms. The second kappa shape index (κ2) is 14.1. The number of amides is 4. The number of Topliss-reactive ketones (excluding diaryl/α,β-unsaturated/α-hetero) is 1. The van der Waals surface area contributed by atoms with Gasteiger partial charge < -0.3 is 26.0 Å². The van der Waals surface area contributed by atoms with Crippen molar-refractivity contribution in [3.63, 3.8) is 0 Å². The first-order chi connectivity index (χ1) is 17.6. The van der Waals surface area contributed by atoms with Gasteiger partial charge in [0.15, 0.2) is 11.3 Å². The van der Waals surface area contributed by atoms with Gasteiger partial charge in [0.25, 0.3) is 0 Å². The molecule has 0 spiro atoms. The molecule has 4 amide bonds. The molecule has 10 nitrogen and oxygen atoms in total. The van der Waals surface area contributed by atoms with Crippen LogP contribution in [0.5, 0.6) is 0 Å². The molecule has 1 saturated carbocycles. The van der Waals surface area contributed by atoms with Crippen LogP contribution < -0.4 is 16.0 Å². The number of unbranched alkanes of at least 4 members (excludes halogenated alkanes) is 3. The third-order valence-electron chi connectivity index (χ3n) is 7.18. The molecular formula is C27H44N4O6. The van der Waals surface area contributed by atoms with E-state index in [-0.39, 0.29) is 30.6 Å². The number of likely N-dealkylation sites (tertiary alicyclic amines) is 1. The van der Waals surface area contributed by atoms with Gasteiger partial charge in [0, 0.05) is 12.5 Å². The fraction of sp³-hybridized carbons (Fsp3) is 0.741. The minimum Gasteiger partial charge on any atom is -0.479 e. The van der Waals surface area contributed by atoms with Gasteiger partial charge in [0.2, 0.25) is 11.8 Å². The van der Waals surface area contributed by atoms with Crippen LogP contribution in [0.4, 0.5) is 4.79 Å². The summed E-state index contributed by atoms with van der Waals surface area (Å²) in [6.45, 7) is 7.52. The Balaban J connectivity index is 1.96. The summed E-state index contributed by atoms with van der Waals surface area (Å²) < 4.78 is 0. The molecule has 0 aromatic rings. The van der Waals surface area contributed by atoms with Crippen LogP contribution in [0.15, 0.2) is 12.2 Å². The molecule has 0 unspecified atom stereocenters. The average molecular weight is 521 g/mol. The number of carbonyl (C=O) groups excluding carboxylic acids is 4. The molecule has 2 aliphatic rings. The predicted octanol–water partition coefficient (Wildman–Crippen LogP) is 2.77. The summed E-state index contributed by atoms with van der Waals surface area (Å²) >= 11 is 0. The van der Waals surface area contributed by atoms with Crippen molar-refractivity contribution >= 4 is 29.6 Å². The van der Waals surface area contributed by atoms with Crippen LogP contribution >= 0.6 is 0 Å². The zero-order valence-electron chi connectivity index (χ0n) is 22.7. The third kappa shape index (κ3) is 8.57. The van der Waals surface area contributed by atoms with Crippen molar-refractivity contribution in [2.75, 3.05) is 13.1 Å². The van der Waals surface area contributed by atoms with E-state index in [2.05, 4.69) is 22.9 Å². The van der Waals surface area contributed by atoms with Crippen LogP contribution in [0.2, 0.25) is 0 Å². The normalized spacial score (nSPS) is 19.9. The standard InChI is InChI=1S/C27H44N4O6/c1-5-7-8-9-10-15-27(6-2,25(35)36)30-24(34)20-12-11-16-31(20)21(32)17-28-26(37)29-22(18(3)4)23(33)19-13-14-19/h10,15,18-20,22H,5-9,11-14,16-17H2,1-4H3,(H,30,34)(H,35,36)(H2,28,29,37)/b15-10-/t20-,22-,27+/m0/s1. The number of hydrogen-bond donors (Lipinski definition) is 4. The molecule has 2 rings (SSSR count). The Bertz CT molecular complexity index is 869. The van der Waals surface area contributed by atoms with Gasteiger partial charge in [-0.05, 0) is 50.9 Å². The van der Waals surface area contributed by atoms with Crippen molar-refractivity contribution in [2.45, 2.75) is 103 Å². The molecule has 4 N–H and O–H groups in total. The van der Waals surface area contributed by atoms with Crippen molar-refractivity contribution in [3.05, 3.63) is 12.2 Å². The maximum atomic E-state index is 13.1. The summed E-state index contributed by atoms with van der Waals surface area (Å²) in [7, 11) is 0. The van der Waals surface area contributed by atoms with Crippen LogP contribution in [0, 0.1) is 11.8 Å². The van der Waals surface area contributed by atoms with E-state index in [4.69, 9.17) is 0 Å². The SMILES string of the molecule is CCCCC/C=C\[C@@](CC)(NC(=O)[C@@H]1CCCN1C(=O)CNC(=O)N[C@H](C(=O)C1CC1)C(C)C)C(=O)O. The van der Waals surface area contributed by atoms with Crippen molar-refractivity contribution in [3.8, 4) is 0 Å². The molecule has 3 atom stereocenters. The Morgan fingerprint density at radius 1 is 1.08 bits per heavy atom. The number of carboxylic acids is 1. The molecule has 208 valence electrons. The first-order valence-electron chi connectivity index (χ1n) is 13.7. The number of nitrogens with zero attached hydrogens (tertiary/aromatic N) is 1. The highest BCUT2D eigenvalue weighted by molar-refractivity contribution is 5.95. The zero-order valence-corrected chi connectivity index (χ0v) is 22.7. The predicted molar refractivity (Wildman–Crippen MR) is 140 cm³/mol. The Morgan fingerprint density at radius 2 is 1.78 bits per heavy atom. The van der Waals surface area contributed by atoms with E-state index in [0.717, 1.165) is 38.5 Å². The minimum absolute atomic E-state index is 0.00503. The number of ketones is 1. The van der Waals surface area contributed by atoms with Crippen molar-refractivity contribution in [1.29, 1.82) is 0 Å². The van der Waals surface area contributed by atoms with Crippen LogP contribution in [0.3, 0.4) is 0 Å². The summed E-state index contributed by atoms with van der Waals surface area (Å²) in [6, 6.07) is -2.03. The topological polar surface area (TPSA) is 145 Å². The third-order valence-corrected chi connectivity index (χ3v) is 7.18. The van der Waals surface area contributed by atoms with E-state index in [1.54, 1.807) is 19.1 Å². The first kappa shape index (κ1) is 30.3. The fourth-order valence-electron chi connectivity index (χ4n) is 4.60. The van der Waals surface area contributed by atoms with E-state index in [9.17, 15) is 29.1 Å². The van der Waals surface area contributed by atoms with Crippen LogP contribution in [0.25, 0.3) is 0 Å². The van der Waals surface area contributed by atoms with Gasteiger partial charge in [-0.25, -0.2) is 9.59 Å². The lowest BCUT2D eigenvalue weighted by Crippen LogP contribution is -2.58. The quantitative estimate of drug-likeness (QED) is 0.193. The van der Waals surface area contributed by atoms with Gasteiger partial charge in [-0.1, -0.05) is 52.7 Å². The summed E-state index contributed by atoms with van der Waals surface area (Å²) in [5.41, 5.74) is -1.54. The lowest BCUT2D eigenvalue weighted by molar-refractivity contribution is -0.147. The number of allylic oxidation sites excluding steroid dienone is 1. The van der Waals surface area contributed by atoms with E-state index in [0.29, 0.717) is 19.4 Å². The molecule has 0 aromatic heterocycles. The zero-order chi connectivity index (χ0) is 27.6. The summed E-state index contributed by atoms with van der Waals surface area (Å²) in [6.07, 6.45) is 9.98. The monoisotopic (exact) mass is 520 g/mol. The van der Waals surface area contributed by atoms with Crippen LogP contribution in [-0.2, 0) is 19.2 Å². The largest absolute Gasteiger partial charge is 0.479 e. The fourth-order valence-corrected chi connectivity index (χ4v) is 4.60. The highest BCUT2D eigenvalue weighted by Crippen LogP contribution is 2.32. The Kier molecular flexibility index (Phi) is 11.6. The molecule has 0 aromatic carbocycles. The van der Waals surface area contributed by atoms with Crippen molar-refractivity contribution in [1.82, 2.24) is 20.9 Å². The van der Waals surface area contributed by atoms with Crippen molar-refractivity contribution in [2.24, 2.45) is 11.8 Å². The summed E-state index contributed by atoms with van der Waals surface area (Å²) in [4.78, 5) is 64.4. The molecule has 10 heteroatoms. The number of aliphatic carboxylic acids is 1. The number of hydrogen-bond acceptors (Lipinski definition) is 5.